The number of thioether (sulfide) groups is 1. The lowest BCUT2D eigenvalue weighted by molar-refractivity contribution is -0.129. The molecule has 1 aliphatic heterocycles. The van der Waals surface area contributed by atoms with Gasteiger partial charge in [0.2, 0.25) is 5.91 Å². The van der Waals surface area contributed by atoms with E-state index in [1.807, 2.05) is 6.07 Å². The third kappa shape index (κ3) is 3.42. The quantitative estimate of drug-likeness (QED) is 0.802. The van der Waals surface area contributed by atoms with Crippen molar-refractivity contribution >= 4 is 17.7 Å². The molecule has 2 atom stereocenters. The van der Waals surface area contributed by atoms with Crippen LogP contribution in [0.5, 0.6) is 11.5 Å². The number of methoxy groups -OCH3 is 2. The molecule has 0 radical (unpaired) electrons. The van der Waals surface area contributed by atoms with Crippen LogP contribution < -0.4 is 9.47 Å². The highest BCUT2D eigenvalue weighted by atomic mass is 32.2. The monoisotopic (exact) mass is 313 g/mol. The van der Waals surface area contributed by atoms with E-state index in [-0.39, 0.29) is 24.4 Å². The van der Waals surface area contributed by atoms with Crippen molar-refractivity contribution in [2.24, 2.45) is 0 Å². The molecule has 2 unspecified atom stereocenters. The van der Waals surface area contributed by atoms with Crippen LogP contribution in [-0.4, -0.2) is 60.2 Å². The summed E-state index contributed by atoms with van der Waals surface area (Å²) in [6.07, 6.45) is -0.952. The first-order valence-electron chi connectivity index (χ1n) is 6.52. The van der Waals surface area contributed by atoms with E-state index in [1.165, 1.54) is 11.8 Å². The SMILES string of the molecule is COc1ccc(OC)c(C2SCC(=O)N2CC(O)CO)c1. The van der Waals surface area contributed by atoms with Crippen LogP contribution in [-0.2, 0) is 4.79 Å². The molecular formula is C14H19NO5S. The normalized spacial score (nSPS) is 19.7. The number of β-amino-alcohol motifs (C(OH)–C–C–N with tert-alkyl or cyclic N) is 1. The minimum absolute atomic E-state index is 0.0672. The van der Waals surface area contributed by atoms with E-state index in [1.54, 1.807) is 31.3 Å². The van der Waals surface area contributed by atoms with Crippen LogP contribution in [0.15, 0.2) is 18.2 Å². The number of nitrogens with zero attached hydrogens (tertiary/aromatic N) is 1. The van der Waals surface area contributed by atoms with Crippen molar-refractivity contribution in [3.8, 4) is 11.5 Å². The molecule has 7 heteroatoms. The molecule has 21 heavy (non-hydrogen) atoms. The zero-order chi connectivity index (χ0) is 15.4. The largest absolute Gasteiger partial charge is 0.497 e. The highest BCUT2D eigenvalue weighted by Gasteiger charge is 2.35. The molecule has 0 aliphatic carbocycles. The Balaban J connectivity index is 2.32. The van der Waals surface area contributed by atoms with E-state index in [4.69, 9.17) is 14.6 Å². The molecule has 1 heterocycles. The predicted octanol–water partition coefficient (Wildman–Crippen LogP) is 0.631. The number of amides is 1. The first-order chi connectivity index (χ1) is 10.1. The van der Waals surface area contributed by atoms with E-state index in [0.717, 1.165) is 5.56 Å². The summed E-state index contributed by atoms with van der Waals surface area (Å²) in [5.41, 5.74) is 0.817. The van der Waals surface area contributed by atoms with Gasteiger partial charge < -0.3 is 24.6 Å². The number of ether oxygens (including phenoxy) is 2. The van der Waals surface area contributed by atoms with Crippen molar-refractivity contribution < 1.29 is 24.5 Å². The molecular weight excluding hydrogens is 294 g/mol. The number of carbonyl (C=O) groups is 1. The molecule has 2 N–H and O–H groups in total. The first kappa shape index (κ1) is 15.9. The van der Waals surface area contributed by atoms with Gasteiger partial charge in [0.05, 0.1) is 39.2 Å². The van der Waals surface area contributed by atoms with E-state index in [2.05, 4.69) is 0 Å². The molecule has 2 rings (SSSR count). The lowest BCUT2D eigenvalue weighted by atomic mass is 10.1. The Morgan fingerprint density at radius 1 is 1.43 bits per heavy atom. The predicted molar refractivity (Wildman–Crippen MR) is 79.6 cm³/mol. The second-order valence-corrected chi connectivity index (χ2v) is 5.72. The smallest absolute Gasteiger partial charge is 0.233 e. The van der Waals surface area contributed by atoms with Crippen molar-refractivity contribution in [3.63, 3.8) is 0 Å². The van der Waals surface area contributed by atoms with Crippen LogP contribution in [0.3, 0.4) is 0 Å². The summed E-state index contributed by atoms with van der Waals surface area (Å²) in [5.74, 6) is 1.60. The van der Waals surface area contributed by atoms with Crippen molar-refractivity contribution in [2.45, 2.75) is 11.5 Å². The maximum absolute atomic E-state index is 12.0. The van der Waals surface area contributed by atoms with Crippen molar-refractivity contribution in [3.05, 3.63) is 23.8 Å². The van der Waals surface area contributed by atoms with Gasteiger partial charge in [-0.25, -0.2) is 0 Å². The van der Waals surface area contributed by atoms with Crippen molar-refractivity contribution in [1.82, 2.24) is 4.90 Å². The number of rotatable bonds is 6. The number of hydrogen-bond acceptors (Lipinski definition) is 6. The highest BCUT2D eigenvalue weighted by molar-refractivity contribution is 8.00. The molecule has 1 fully saturated rings. The van der Waals surface area contributed by atoms with Gasteiger partial charge in [-0.1, -0.05) is 0 Å². The van der Waals surface area contributed by atoms with Gasteiger partial charge >= 0.3 is 0 Å². The molecule has 0 bridgehead atoms. The minimum atomic E-state index is -0.952. The molecule has 1 aromatic carbocycles. The number of benzene rings is 1. The molecule has 6 nitrogen and oxygen atoms in total. The van der Waals surface area contributed by atoms with Gasteiger partial charge in [0.15, 0.2) is 0 Å². The summed E-state index contributed by atoms with van der Waals surface area (Å²) in [6.45, 7) is -0.288. The maximum atomic E-state index is 12.0. The van der Waals surface area contributed by atoms with Gasteiger partial charge in [-0.2, -0.15) is 0 Å². The number of hydrogen-bond donors (Lipinski definition) is 2. The number of aliphatic hydroxyl groups excluding tert-OH is 2. The summed E-state index contributed by atoms with van der Waals surface area (Å²) in [7, 11) is 3.14. The average molecular weight is 313 g/mol. The average Bonchev–Trinajstić information content (AvgIpc) is 2.87. The van der Waals surface area contributed by atoms with Crippen LogP contribution in [0.1, 0.15) is 10.9 Å². The third-order valence-electron chi connectivity index (χ3n) is 3.29. The highest BCUT2D eigenvalue weighted by Crippen LogP contribution is 2.43. The summed E-state index contributed by atoms with van der Waals surface area (Å²) >= 11 is 1.46. The van der Waals surface area contributed by atoms with Gasteiger partial charge in [-0.3, -0.25) is 4.79 Å². The standard InChI is InChI=1S/C14H19NO5S/c1-19-10-3-4-12(20-2)11(5-10)14-15(6-9(17)7-16)13(18)8-21-14/h3-5,9,14,16-17H,6-8H2,1-2H3. The van der Waals surface area contributed by atoms with Crippen LogP contribution in [0, 0.1) is 0 Å². The fourth-order valence-corrected chi connectivity index (χ4v) is 3.44. The van der Waals surface area contributed by atoms with Crippen molar-refractivity contribution in [1.29, 1.82) is 0 Å². The van der Waals surface area contributed by atoms with Gasteiger partial charge in [0.1, 0.15) is 16.9 Å². The van der Waals surface area contributed by atoms with E-state index >= 15 is 0 Å². The second kappa shape index (κ2) is 7.02. The Hall–Kier alpha value is -1.44. The Kier molecular flexibility index (Phi) is 5.33. The van der Waals surface area contributed by atoms with Crippen LogP contribution in [0.2, 0.25) is 0 Å². The lowest BCUT2D eigenvalue weighted by Gasteiger charge is -2.27. The van der Waals surface area contributed by atoms with Crippen LogP contribution in [0.25, 0.3) is 0 Å². The molecule has 1 aromatic rings. The fraction of sp³-hybridized carbons (Fsp3) is 0.500. The lowest BCUT2D eigenvalue weighted by Crippen LogP contribution is -2.37. The molecule has 0 saturated carbocycles. The Morgan fingerprint density at radius 3 is 2.81 bits per heavy atom. The first-order valence-corrected chi connectivity index (χ1v) is 7.57. The van der Waals surface area contributed by atoms with Gasteiger partial charge in [-0.05, 0) is 18.2 Å². The molecule has 0 aromatic heterocycles. The topological polar surface area (TPSA) is 79.2 Å². The van der Waals surface area contributed by atoms with Crippen LogP contribution >= 0.6 is 11.8 Å². The van der Waals surface area contributed by atoms with Gasteiger partial charge in [0, 0.05) is 5.56 Å². The van der Waals surface area contributed by atoms with E-state index in [9.17, 15) is 9.90 Å². The second-order valence-electron chi connectivity index (χ2n) is 4.65. The molecule has 1 aliphatic rings. The maximum Gasteiger partial charge on any atom is 0.233 e. The van der Waals surface area contributed by atoms with E-state index < -0.39 is 6.10 Å². The number of carbonyl (C=O) groups excluding carboxylic acids is 1. The van der Waals surface area contributed by atoms with Gasteiger partial charge in [-0.15, -0.1) is 11.8 Å². The van der Waals surface area contributed by atoms with Gasteiger partial charge in [0.25, 0.3) is 0 Å². The molecule has 1 saturated heterocycles. The third-order valence-corrected chi connectivity index (χ3v) is 4.53. The molecule has 0 spiro atoms. The summed E-state index contributed by atoms with van der Waals surface area (Å²) in [4.78, 5) is 13.6. The summed E-state index contributed by atoms with van der Waals surface area (Å²) < 4.78 is 10.6. The zero-order valence-corrected chi connectivity index (χ0v) is 12.8. The Morgan fingerprint density at radius 2 is 2.19 bits per heavy atom. The number of aliphatic hydroxyl groups is 2. The van der Waals surface area contributed by atoms with E-state index in [0.29, 0.717) is 17.3 Å². The Labute approximate surface area is 127 Å². The zero-order valence-electron chi connectivity index (χ0n) is 12.0. The minimum Gasteiger partial charge on any atom is -0.497 e. The molecule has 116 valence electrons. The molecule has 1 amide bonds. The summed E-state index contributed by atoms with van der Waals surface area (Å²) in [5, 5.41) is 18.3. The van der Waals surface area contributed by atoms with Crippen LogP contribution in [0.4, 0.5) is 0 Å². The Bertz CT molecular complexity index is 510. The van der Waals surface area contributed by atoms with Crippen molar-refractivity contribution in [2.75, 3.05) is 33.1 Å². The summed E-state index contributed by atoms with van der Waals surface area (Å²) in [6, 6.07) is 5.41. The fourth-order valence-electron chi connectivity index (χ4n) is 2.23.